The van der Waals surface area contributed by atoms with Gasteiger partial charge < -0.3 is 48.3 Å². The summed E-state index contributed by atoms with van der Waals surface area (Å²) in [5.74, 6) is 3.28. The van der Waals surface area contributed by atoms with Gasteiger partial charge in [0.15, 0.2) is 0 Å². The van der Waals surface area contributed by atoms with Gasteiger partial charge in [-0.15, -0.1) is 46.9 Å². The van der Waals surface area contributed by atoms with Crippen molar-refractivity contribution in [3.05, 3.63) is 295 Å². The van der Waals surface area contributed by atoms with Crippen molar-refractivity contribution in [2.75, 3.05) is 82.8 Å². The molecular formula is C97H113Cl2I3LiN8NaO23S9. The predicted molar refractivity (Wildman–Crippen MR) is 585 cm³/mol. The number of anilines is 6. The van der Waals surface area contributed by atoms with E-state index in [9.17, 15) is 72.7 Å². The molecule has 0 unspecified atom stereocenters. The van der Waals surface area contributed by atoms with Crippen LogP contribution in [0.4, 0.5) is 34.1 Å². The minimum absolute atomic E-state index is 0. The van der Waals surface area contributed by atoms with Crippen LogP contribution in [-0.4, -0.2) is 189 Å². The number of thioether (sulfide) groups is 5. The van der Waals surface area contributed by atoms with Gasteiger partial charge in [-0.2, -0.15) is 37.1 Å². The fourth-order valence-electron chi connectivity index (χ4n) is 14.6. The number of nitrogens with zero attached hydrogens (tertiary/aromatic N) is 7. The van der Waals surface area contributed by atoms with E-state index in [0.29, 0.717) is 50.2 Å². The van der Waals surface area contributed by atoms with Crippen LogP contribution in [0.25, 0.3) is 11.1 Å². The monoisotopic (exact) mass is 2530 g/mol. The fourth-order valence-corrected chi connectivity index (χ4v) is 22.8. The number of alkyl halides is 4. The molecule has 0 aliphatic carbocycles. The number of rotatable bonds is 32. The van der Waals surface area contributed by atoms with Gasteiger partial charge in [-0.05, 0) is 101 Å². The molecule has 7 heterocycles. The number of nitrogens with two attached hydrogens (primary N) is 1. The summed E-state index contributed by atoms with van der Waals surface area (Å²) < 4.78 is 99.6. The molecular weight excluding hydrogens is 2420 g/mol. The number of para-hydroxylation sites is 6. The largest absolute Gasteiger partial charge is 1.00 e. The van der Waals surface area contributed by atoms with Crippen molar-refractivity contribution in [1.82, 2.24) is 20.3 Å². The number of aliphatic hydroxyl groups is 1. The molecule has 7 aliphatic heterocycles. The third-order valence-corrected chi connectivity index (χ3v) is 29.6. The number of fused-ring (bicyclic) bond motifs is 6. The third kappa shape index (κ3) is 40.3. The average Bonchev–Trinajstić information content (AvgIpc) is 1.08. The van der Waals surface area contributed by atoms with Gasteiger partial charge in [0, 0.05) is 153 Å². The van der Waals surface area contributed by atoms with Crippen LogP contribution in [0.5, 0.6) is 0 Å². The maximum atomic E-state index is 12.0. The first-order valence-electron chi connectivity index (χ1n) is 42.4. The normalized spacial score (nSPS) is 14.0. The number of halogens is 5. The molecule has 0 spiro atoms. The number of hydrogen-bond donors (Lipinski definition) is 5. The predicted octanol–water partition coefficient (Wildman–Crippen LogP) is 11.6. The van der Waals surface area contributed by atoms with Crippen LogP contribution in [0.3, 0.4) is 0 Å². The maximum Gasteiger partial charge on any atom is 1.00 e. The summed E-state index contributed by atoms with van der Waals surface area (Å²) >= 11 is 27.3. The summed E-state index contributed by atoms with van der Waals surface area (Å²) in [6.07, 6.45) is 2.51. The van der Waals surface area contributed by atoms with Crippen molar-refractivity contribution in [1.29, 1.82) is 0 Å². The van der Waals surface area contributed by atoms with Crippen LogP contribution in [-0.2, 0) is 108 Å². The maximum absolute atomic E-state index is 12.0. The summed E-state index contributed by atoms with van der Waals surface area (Å²) in [5, 5.41) is 18.0. The Labute approximate surface area is 958 Å². The molecule has 0 atom stereocenters. The Balaban J connectivity index is 0.000000622. The second-order valence-electron chi connectivity index (χ2n) is 29.7. The second-order valence-corrected chi connectivity index (χ2v) is 43.5. The van der Waals surface area contributed by atoms with Crippen molar-refractivity contribution in [2.24, 2.45) is 5.90 Å². The van der Waals surface area contributed by atoms with E-state index in [4.69, 9.17) is 70.7 Å². The van der Waals surface area contributed by atoms with Gasteiger partial charge in [0.2, 0.25) is 0 Å². The topological polar surface area (TPSA) is 429 Å². The van der Waals surface area contributed by atoms with Crippen molar-refractivity contribution in [2.45, 2.75) is 118 Å². The summed E-state index contributed by atoms with van der Waals surface area (Å²) in [5.41, 5.74) is 18.7. The van der Waals surface area contributed by atoms with E-state index in [0.717, 1.165) is 122 Å². The summed E-state index contributed by atoms with van der Waals surface area (Å²) in [4.78, 5) is 114. The molecule has 144 heavy (non-hydrogen) atoms. The SMILES string of the molecule is C.C.C.CO.ClCI.NOCSC(SCCCS(=O)(=O)O)=C1c2ccccc2N(Cc2ccccc2)c2ccccc21.O=C1CCC(=O)N1O.O=C1CCC(=O)N1OCCl.O=C1CCC(=O)N1OCI.O=C1CCC(=O)N1OCSC(SCCCS(=O)(=O)O)=C1c2ccccc2N(Cc2ccccc2)c2ccccc21.O=S(=O)([O-])CCCSC(=S)C1c2ccccc2N(Cc2ccccc2)c2ccccc21.[2HH].[I-].[Li+].[Na+]. The minimum atomic E-state index is -4.19. The third-order valence-electron chi connectivity index (χ3n) is 20.5. The molecule has 0 aromatic heterocycles. The quantitative estimate of drug-likeness (QED) is 0.00250. The first kappa shape index (κ1) is 132. The summed E-state index contributed by atoms with van der Waals surface area (Å²) in [6, 6.07) is 80.3. The van der Waals surface area contributed by atoms with Gasteiger partial charge in [0.25, 0.3) is 67.5 Å². The number of imide groups is 4. The Bertz CT molecular complexity index is 5910. The molecule has 47 heteroatoms. The van der Waals surface area contributed by atoms with Crippen LogP contribution in [0.2, 0.25) is 0 Å². The molecule has 0 bridgehead atoms. The molecule has 6 N–H and O–H groups in total. The van der Waals surface area contributed by atoms with E-state index in [1.807, 2.05) is 150 Å². The molecule has 16 rings (SSSR count). The number of carbonyl (C=O) groups is 8. The van der Waals surface area contributed by atoms with Gasteiger partial charge in [0.05, 0.1) is 44.1 Å². The number of aliphatic hydroxyl groups excluding tert-OH is 1. The van der Waals surface area contributed by atoms with E-state index in [1.165, 1.54) is 63.7 Å². The Morgan fingerprint density at radius 2 is 0.694 bits per heavy atom. The van der Waals surface area contributed by atoms with Crippen LogP contribution in [0, 0.1) is 0 Å². The number of carbonyl (C=O) groups excluding carboxylic acids is 8. The summed E-state index contributed by atoms with van der Waals surface area (Å²) in [6.45, 7) is 2.16. The Morgan fingerprint density at radius 1 is 0.424 bits per heavy atom. The number of thiocarbonyl (C=S) groups is 1. The van der Waals surface area contributed by atoms with E-state index < -0.39 is 42.2 Å². The summed E-state index contributed by atoms with van der Waals surface area (Å²) in [7, 11) is -11.3. The van der Waals surface area contributed by atoms with Crippen LogP contribution < -0.4 is 93.0 Å². The molecule has 770 valence electrons. The van der Waals surface area contributed by atoms with Crippen LogP contribution >= 0.6 is 139 Å². The average molecular weight is 2530 g/mol. The van der Waals surface area contributed by atoms with E-state index in [2.05, 4.69) is 151 Å². The van der Waals surface area contributed by atoms with Gasteiger partial charge in [-0.25, -0.2) is 19.2 Å². The second kappa shape index (κ2) is 68.1. The standard InChI is InChI=1S/C29H28N2O6S3.C25H26N2O4S3.C24H23NO3S3.C5H6ClNO3.C5H6INO3.C4H5NO3.CH2ClI.CH4O.3CH4.HI.Li.Na.H2/c32-26-15-16-27(33)31(26)37-20-39-29(38-17-8-18-40(34,35)36)28-22-11-4-6-13-24(22)30(19-21-9-2-1-3-10-21)25-14-7-5-12-23(25)28;26-31-18-33-25(32-15-8-16-34(28,29)30)24-20-11-4-6-13-22(20)27(17-19-9-2-1-3-10-19)23-14-7-5-12-21(23)24;26-31(27,28)16-8-15-30-24(29)23-19-11-4-6-13-21(19)25(17-18-9-2-1-3-10-18)22-14-7-5-12-20(22)23;2*6-3-10-7-4(8)1-2-5(7)9;6-3-1-2-4(7)5(3)8;2-1-3;1-2;;;;;;;/h1-7,9-14H,8,15-20H2,(H,34,35,36);1-7,9-14H,8,15-18,26H2,(H,28,29,30);1-7,9-14,23H,8,15-17H2,(H,26,27,28);2*1-3H2;8H,1-2H2;1H2;2H,1H3;3*1H4;1H;;;1H/q;;;;;;;;;;;;2*+1;/p-2/i;;;;;;;;;;;;;;1+1. The minimum Gasteiger partial charge on any atom is -1.00 e. The number of benzene rings is 9. The van der Waals surface area contributed by atoms with Crippen molar-refractivity contribution < 1.29 is 181 Å². The van der Waals surface area contributed by atoms with E-state index in [-0.39, 0.29) is 236 Å². The zero-order valence-corrected chi connectivity index (χ0v) is 93.9. The molecule has 4 saturated heterocycles. The van der Waals surface area contributed by atoms with Crippen molar-refractivity contribution >= 4 is 266 Å². The molecule has 0 radical (unpaired) electrons. The fraction of sp³-hybridized carbons (Fsp3) is 0.309. The molecule has 0 saturated carbocycles. The number of hydrogen-bond acceptors (Lipinski definition) is 31. The molecule has 7 aliphatic rings. The van der Waals surface area contributed by atoms with Gasteiger partial charge in [-0.1, -0.05) is 315 Å². The number of amides is 8. The molecule has 8 amide bonds. The zero-order chi connectivity index (χ0) is 99.9. The Morgan fingerprint density at radius 3 is 0.993 bits per heavy atom. The van der Waals surface area contributed by atoms with Gasteiger partial charge in [-0.3, -0.25) is 67.2 Å². The van der Waals surface area contributed by atoms with Gasteiger partial charge in [0.1, 0.15) is 22.6 Å². The zero-order valence-electron chi connectivity index (χ0n) is 76.6. The smallest absolute Gasteiger partial charge is 1.00 e. The van der Waals surface area contributed by atoms with E-state index >= 15 is 0 Å². The van der Waals surface area contributed by atoms with Crippen LogP contribution in [0.15, 0.2) is 245 Å². The Kier molecular flexibility index (Phi) is 62.5. The van der Waals surface area contributed by atoms with Gasteiger partial charge >= 0.3 is 48.4 Å². The van der Waals surface area contributed by atoms with Crippen LogP contribution in [0.1, 0.15) is 150 Å². The molecule has 4 fully saturated rings. The molecule has 9 aromatic rings. The molecule has 31 nitrogen and oxygen atoms in total. The number of hydroxylamine groups is 8. The van der Waals surface area contributed by atoms with Crippen molar-refractivity contribution in [3.63, 3.8) is 0 Å². The molecule has 9 aromatic carbocycles. The first-order chi connectivity index (χ1) is 66.4. The Hall–Kier alpha value is -5.92. The first-order valence-corrected chi connectivity index (χ1v) is 56.6. The van der Waals surface area contributed by atoms with E-state index in [1.54, 1.807) is 11.8 Å². The van der Waals surface area contributed by atoms with Crippen molar-refractivity contribution in [3.8, 4) is 0 Å².